The summed E-state index contributed by atoms with van der Waals surface area (Å²) >= 11 is 0. The number of rotatable bonds is 15. The van der Waals surface area contributed by atoms with E-state index in [-0.39, 0.29) is 48.4 Å². The number of halogens is 2. The molecule has 41 heavy (non-hydrogen) atoms. The lowest BCUT2D eigenvalue weighted by molar-refractivity contribution is -0.134. The first-order valence-electron chi connectivity index (χ1n) is 14.1. The van der Waals surface area contributed by atoms with Gasteiger partial charge in [-0.25, -0.2) is 4.39 Å². The molecule has 0 saturated carbocycles. The van der Waals surface area contributed by atoms with Gasteiger partial charge >= 0.3 is 0 Å². The lowest BCUT2D eigenvalue weighted by atomic mass is 9.93. The molecular weight excluding hydrogens is 543 g/mol. The van der Waals surface area contributed by atoms with Crippen LogP contribution in [0.1, 0.15) is 50.3 Å². The molecule has 3 N–H and O–H groups in total. The summed E-state index contributed by atoms with van der Waals surface area (Å²) in [6, 6.07) is 17.3. The molecule has 0 bridgehead atoms. The molecule has 3 aromatic carbocycles. The second-order valence-corrected chi connectivity index (χ2v) is 10.4. The van der Waals surface area contributed by atoms with Crippen LogP contribution in [0.4, 0.5) is 4.39 Å². The average molecular weight is 587 g/mol. The number of phenols is 1. The van der Waals surface area contributed by atoms with E-state index in [1.54, 1.807) is 31.4 Å². The quantitative estimate of drug-likeness (QED) is 0.203. The van der Waals surface area contributed by atoms with Crippen LogP contribution < -0.4 is 10.5 Å². The highest BCUT2D eigenvalue weighted by Gasteiger charge is 2.27. The molecule has 0 spiro atoms. The van der Waals surface area contributed by atoms with Crippen molar-refractivity contribution >= 4 is 18.3 Å². The Kier molecular flexibility index (Phi) is 14.1. The fraction of sp³-hybridized carbons (Fsp3) is 0.424. The number of ether oxygens (including phenoxy) is 2. The maximum absolute atomic E-state index is 14.9. The second-order valence-electron chi connectivity index (χ2n) is 10.4. The Bertz CT molecular complexity index is 1240. The Morgan fingerprint density at radius 2 is 1.73 bits per heavy atom. The molecule has 1 amide bonds. The van der Waals surface area contributed by atoms with Gasteiger partial charge in [-0.05, 0) is 73.7 Å². The number of methoxy groups -OCH3 is 1. The maximum Gasteiger partial charge on any atom is 0.227 e. The third-order valence-corrected chi connectivity index (χ3v) is 6.99. The number of amides is 1. The maximum atomic E-state index is 14.9. The first kappa shape index (κ1) is 34.1. The van der Waals surface area contributed by atoms with Gasteiger partial charge in [-0.15, -0.1) is 12.4 Å². The fourth-order valence-corrected chi connectivity index (χ4v) is 5.10. The van der Waals surface area contributed by atoms with Crippen LogP contribution in [0.3, 0.4) is 0 Å². The van der Waals surface area contributed by atoms with Gasteiger partial charge in [0.2, 0.25) is 5.91 Å². The molecule has 8 heteroatoms. The third kappa shape index (κ3) is 9.45. The van der Waals surface area contributed by atoms with Crippen molar-refractivity contribution in [3.63, 3.8) is 0 Å². The molecule has 0 aliphatic carbocycles. The molecule has 0 fully saturated rings. The molecule has 0 aromatic heterocycles. The normalized spacial score (nSPS) is 11.7. The van der Waals surface area contributed by atoms with Gasteiger partial charge in [0.05, 0.1) is 13.0 Å². The van der Waals surface area contributed by atoms with Crippen molar-refractivity contribution in [1.82, 2.24) is 4.90 Å². The summed E-state index contributed by atoms with van der Waals surface area (Å²) in [6.07, 6.45) is 3.10. The number of carbonyl (C=O) groups excluding carboxylic acids is 1. The Labute approximate surface area is 250 Å². The topological polar surface area (TPSA) is 85.0 Å². The van der Waals surface area contributed by atoms with Gasteiger partial charge in [0.15, 0.2) is 0 Å². The highest BCUT2D eigenvalue weighted by molar-refractivity contribution is 5.85. The molecule has 1 atom stereocenters. The minimum Gasteiger partial charge on any atom is -0.508 e. The standard InChI is InChI=1S/C33H43FN2O4.ClH/c1-5-9-25-19-30(29-10-6-7-11-31(29)34)32(40-17-8-16-39-4)20-26(25)21-33(38)36(23(2)3)27(22-35)18-24-12-14-28(37)15-13-24;/h6-7,10-15,19-20,23,27,37H,5,8-9,16-18,21-22,35H2,1-4H3;1H/t27-;/m1./s1. The zero-order valence-electron chi connectivity index (χ0n) is 24.6. The number of benzene rings is 3. The van der Waals surface area contributed by atoms with E-state index < -0.39 is 0 Å². The van der Waals surface area contributed by atoms with Crippen LogP contribution in [0.5, 0.6) is 11.5 Å². The van der Waals surface area contributed by atoms with E-state index in [9.17, 15) is 14.3 Å². The molecule has 3 rings (SSSR count). The van der Waals surface area contributed by atoms with Crippen molar-refractivity contribution in [2.75, 3.05) is 26.9 Å². The van der Waals surface area contributed by atoms with Gasteiger partial charge in [0.25, 0.3) is 0 Å². The van der Waals surface area contributed by atoms with Gasteiger partial charge in [-0.2, -0.15) is 0 Å². The number of nitrogens with zero attached hydrogens (tertiary/aromatic N) is 1. The van der Waals surface area contributed by atoms with Crippen molar-refractivity contribution in [2.45, 2.75) is 65.0 Å². The van der Waals surface area contributed by atoms with Crippen LogP contribution in [0, 0.1) is 5.82 Å². The van der Waals surface area contributed by atoms with Gasteiger partial charge < -0.3 is 25.2 Å². The molecule has 224 valence electrons. The molecule has 0 radical (unpaired) electrons. The number of hydrogen-bond donors (Lipinski definition) is 2. The monoisotopic (exact) mass is 586 g/mol. The van der Waals surface area contributed by atoms with E-state index in [0.29, 0.717) is 49.5 Å². The number of nitrogens with two attached hydrogens (primary N) is 1. The molecule has 0 saturated heterocycles. The van der Waals surface area contributed by atoms with Gasteiger partial charge in [0, 0.05) is 49.9 Å². The van der Waals surface area contributed by atoms with E-state index in [1.165, 1.54) is 6.07 Å². The van der Waals surface area contributed by atoms with Crippen molar-refractivity contribution in [3.8, 4) is 22.6 Å². The largest absolute Gasteiger partial charge is 0.508 e. The van der Waals surface area contributed by atoms with Crippen LogP contribution >= 0.6 is 12.4 Å². The molecule has 0 aliphatic rings. The molecular formula is C33H44ClFN2O4. The molecule has 0 aliphatic heterocycles. The highest BCUT2D eigenvalue weighted by Crippen LogP contribution is 2.36. The second kappa shape index (κ2) is 17.0. The van der Waals surface area contributed by atoms with Crippen LogP contribution in [0.2, 0.25) is 0 Å². The summed E-state index contributed by atoms with van der Waals surface area (Å²) < 4.78 is 26.2. The van der Waals surface area contributed by atoms with Crippen molar-refractivity contribution in [3.05, 3.63) is 83.2 Å². The van der Waals surface area contributed by atoms with Crippen LogP contribution in [-0.2, 0) is 28.8 Å². The van der Waals surface area contributed by atoms with E-state index in [2.05, 4.69) is 6.92 Å². The van der Waals surface area contributed by atoms with Crippen LogP contribution in [-0.4, -0.2) is 54.9 Å². The van der Waals surface area contributed by atoms with Crippen molar-refractivity contribution in [2.24, 2.45) is 5.73 Å². The predicted molar refractivity (Wildman–Crippen MR) is 165 cm³/mol. The van der Waals surface area contributed by atoms with Crippen LogP contribution in [0.25, 0.3) is 11.1 Å². The highest BCUT2D eigenvalue weighted by atomic mass is 35.5. The summed E-state index contributed by atoms with van der Waals surface area (Å²) in [4.78, 5) is 15.8. The SMILES string of the molecule is CCCc1cc(-c2ccccc2F)c(OCCCOC)cc1CC(=O)N(C(C)C)[C@@H](CN)Cc1ccc(O)cc1.Cl. The lowest BCUT2D eigenvalue weighted by Crippen LogP contribution is -2.50. The van der Waals surface area contributed by atoms with Gasteiger partial charge in [-0.1, -0.05) is 43.7 Å². The van der Waals surface area contributed by atoms with E-state index >= 15 is 0 Å². The molecule has 6 nitrogen and oxygen atoms in total. The van der Waals surface area contributed by atoms with Crippen LogP contribution in [0.15, 0.2) is 60.7 Å². The first-order valence-corrected chi connectivity index (χ1v) is 14.1. The summed E-state index contributed by atoms with van der Waals surface area (Å²) in [5.41, 5.74) is 10.2. The predicted octanol–water partition coefficient (Wildman–Crippen LogP) is 6.34. The van der Waals surface area contributed by atoms with E-state index in [4.69, 9.17) is 15.2 Å². The number of aryl methyl sites for hydroxylation is 1. The van der Waals surface area contributed by atoms with E-state index in [0.717, 1.165) is 29.5 Å². The summed E-state index contributed by atoms with van der Waals surface area (Å²) in [5.74, 6) is 0.416. The minimum atomic E-state index is -0.318. The zero-order chi connectivity index (χ0) is 29.1. The molecule has 0 heterocycles. The molecule has 3 aromatic rings. The Balaban J connectivity index is 0.00000588. The van der Waals surface area contributed by atoms with Gasteiger partial charge in [-0.3, -0.25) is 4.79 Å². The van der Waals surface area contributed by atoms with Crippen molar-refractivity contribution < 1.29 is 23.8 Å². The Morgan fingerprint density at radius 3 is 2.34 bits per heavy atom. The average Bonchev–Trinajstić information content (AvgIpc) is 2.93. The number of aromatic hydroxyl groups is 1. The smallest absolute Gasteiger partial charge is 0.227 e. The lowest BCUT2D eigenvalue weighted by Gasteiger charge is -2.35. The summed E-state index contributed by atoms with van der Waals surface area (Å²) in [6.45, 7) is 7.36. The summed E-state index contributed by atoms with van der Waals surface area (Å²) in [7, 11) is 1.64. The minimum absolute atomic E-state index is 0. The van der Waals surface area contributed by atoms with Crippen molar-refractivity contribution in [1.29, 1.82) is 0 Å². The first-order chi connectivity index (χ1) is 19.3. The zero-order valence-corrected chi connectivity index (χ0v) is 25.4. The summed E-state index contributed by atoms with van der Waals surface area (Å²) in [5, 5.41) is 9.65. The van der Waals surface area contributed by atoms with Gasteiger partial charge in [0.1, 0.15) is 17.3 Å². The number of phenolic OH excluding ortho intramolecular Hbond substituents is 1. The fourth-order valence-electron chi connectivity index (χ4n) is 5.10. The Morgan fingerprint density at radius 1 is 1.02 bits per heavy atom. The Hall–Kier alpha value is -3.13. The number of hydrogen-bond acceptors (Lipinski definition) is 5. The van der Waals surface area contributed by atoms with E-state index in [1.807, 2.05) is 49.1 Å². The third-order valence-electron chi connectivity index (χ3n) is 6.99. The number of carbonyl (C=O) groups is 1. The molecule has 0 unspecified atom stereocenters.